The Morgan fingerprint density at radius 1 is 1.60 bits per heavy atom. The number of H-pyrrole nitrogens is 1. The number of amides is 3. The first-order valence-electron chi connectivity index (χ1n) is 3.65. The Morgan fingerprint density at radius 3 is 2.80 bits per heavy atom. The van der Waals surface area contributed by atoms with Crippen molar-refractivity contribution in [1.82, 2.24) is 20.8 Å². The Kier molecular flexibility index (Phi) is 3.17. The number of quaternary nitrogens is 1. The standard InChI is InChI=1S/C5H8N6O4/c6-5(13)10-9-4(12)2-3(11(14)15)8-1-7-2/h1,11,14H,(H,7,8)(H,9,12)(H3,6,10,13). The number of nitrogens with one attached hydrogen (secondary N) is 4. The van der Waals surface area contributed by atoms with Gasteiger partial charge in [0.1, 0.15) is 0 Å². The molecule has 10 nitrogen and oxygen atoms in total. The van der Waals surface area contributed by atoms with Crippen LogP contribution in [0.15, 0.2) is 6.33 Å². The third kappa shape index (κ3) is 2.63. The van der Waals surface area contributed by atoms with Crippen LogP contribution in [-0.4, -0.2) is 27.1 Å². The Bertz CT molecular complexity index is 373. The van der Waals surface area contributed by atoms with Gasteiger partial charge in [-0.3, -0.25) is 15.2 Å². The molecule has 15 heavy (non-hydrogen) atoms. The van der Waals surface area contributed by atoms with Crippen molar-refractivity contribution in [1.29, 1.82) is 0 Å². The fraction of sp³-hybridized carbons (Fsp3) is 0. The van der Waals surface area contributed by atoms with Gasteiger partial charge in [0.05, 0.1) is 6.33 Å². The summed E-state index contributed by atoms with van der Waals surface area (Å²) in [6, 6.07) is -0.976. The summed E-state index contributed by atoms with van der Waals surface area (Å²) in [6.45, 7) is 0. The number of rotatable bonds is 2. The molecule has 0 saturated heterocycles. The maximum atomic E-state index is 11.2. The lowest BCUT2D eigenvalue weighted by molar-refractivity contribution is -0.993. The number of hydrogen-bond acceptors (Lipinski definition) is 5. The molecule has 0 aliphatic rings. The lowest BCUT2D eigenvalue weighted by Crippen LogP contribution is -2.99. The molecule has 0 bridgehead atoms. The zero-order chi connectivity index (χ0) is 11.4. The van der Waals surface area contributed by atoms with E-state index in [0.717, 1.165) is 6.33 Å². The fourth-order valence-corrected chi connectivity index (χ4v) is 0.807. The molecule has 1 aromatic heterocycles. The number of aromatic nitrogens is 2. The molecule has 3 amide bonds. The van der Waals surface area contributed by atoms with Crippen LogP contribution in [0.25, 0.3) is 0 Å². The van der Waals surface area contributed by atoms with Crippen LogP contribution >= 0.6 is 0 Å². The number of hydrogen-bond donors (Lipinski definition) is 6. The van der Waals surface area contributed by atoms with Crippen molar-refractivity contribution < 1.29 is 20.0 Å². The molecule has 1 unspecified atom stereocenters. The summed E-state index contributed by atoms with van der Waals surface area (Å²) in [7, 11) is 0. The number of aromatic amines is 1. The van der Waals surface area contributed by atoms with Crippen LogP contribution < -0.4 is 21.8 Å². The Labute approximate surface area is 82.6 Å². The van der Waals surface area contributed by atoms with E-state index in [1.165, 1.54) is 0 Å². The number of primary amides is 1. The van der Waals surface area contributed by atoms with Crippen LogP contribution in [-0.2, 0) is 0 Å². The van der Waals surface area contributed by atoms with E-state index in [9.17, 15) is 14.8 Å². The molecule has 0 aliphatic heterocycles. The largest absolute Gasteiger partial charge is 0.594 e. The minimum absolute atomic E-state index is 0.351. The molecule has 1 rings (SSSR count). The lowest BCUT2D eigenvalue weighted by Gasteiger charge is -2.10. The van der Waals surface area contributed by atoms with E-state index in [2.05, 4.69) is 15.7 Å². The highest BCUT2D eigenvalue weighted by Crippen LogP contribution is 2.02. The first kappa shape index (κ1) is 10.9. The van der Waals surface area contributed by atoms with Crippen molar-refractivity contribution in [2.45, 2.75) is 0 Å². The molecule has 0 aliphatic carbocycles. The molecule has 0 aromatic carbocycles. The van der Waals surface area contributed by atoms with E-state index in [1.54, 1.807) is 5.43 Å². The van der Waals surface area contributed by atoms with Crippen LogP contribution in [0.2, 0.25) is 0 Å². The number of imidazole rings is 1. The van der Waals surface area contributed by atoms with Crippen LogP contribution in [0.4, 0.5) is 10.6 Å². The molecule has 82 valence electrons. The number of carbonyl (C=O) groups is 2. The Balaban J connectivity index is 2.73. The normalized spacial score (nSPS) is 11.9. The monoisotopic (exact) mass is 216 g/mol. The van der Waals surface area contributed by atoms with Gasteiger partial charge in [0.15, 0.2) is 0 Å². The molecule has 0 spiro atoms. The van der Waals surface area contributed by atoms with Crippen LogP contribution in [0, 0.1) is 5.21 Å². The third-order valence-corrected chi connectivity index (χ3v) is 1.37. The fourth-order valence-electron chi connectivity index (χ4n) is 0.807. The summed E-state index contributed by atoms with van der Waals surface area (Å²) >= 11 is 0. The molecule has 0 radical (unpaired) electrons. The Morgan fingerprint density at radius 2 is 2.27 bits per heavy atom. The van der Waals surface area contributed by atoms with E-state index >= 15 is 0 Å². The first-order chi connectivity index (χ1) is 7.02. The molecule has 0 saturated carbocycles. The number of carbonyl (C=O) groups excluding carboxylic acids is 2. The van der Waals surface area contributed by atoms with Gasteiger partial charge in [-0.1, -0.05) is 0 Å². The number of nitrogens with two attached hydrogens (primary N) is 1. The van der Waals surface area contributed by atoms with Crippen molar-refractivity contribution in [3.05, 3.63) is 17.2 Å². The molecular formula is C5H8N6O4. The molecule has 1 heterocycles. The van der Waals surface area contributed by atoms with Gasteiger partial charge in [0.25, 0.3) is 11.7 Å². The van der Waals surface area contributed by atoms with E-state index in [0.29, 0.717) is 0 Å². The van der Waals surface area contributed by atoms with Gasteiger partial charge in [-0.15, -0.1) is 0 Å². The van der Waals surface area contributed by atoms with Crippen LogP contribution in [0.1, 0.15) is 10.5 Å². The second kappa shape index (κ2) is 4.36. The SMILES string of the molecule is NC(=O)NNC(=O)c1nc[nH]c1[NH+]([O-])O. The maximum Gasteiger partial charge on any atom is 0.330 e. The number of nitrogens with zero attached hydrogens (tertiary/aromatic N) is 1. The van der Waals surface area contributed by atoms with Crippen molar-refractivity contribution >= 4 is 17.8 Å². The summed E-state index contributed by atoms with van der Waals surface area (Å²) < 4.78 is 0. The van der Waals surface area contributed by atoms with Gasteiger partial charge in [0.2, 0.25) is 5.69 Å². The van der Waals surface area contributed by atoms with Gasteiger partial charge in [-0.2, -0.15) is 5.23 Å². The van der Waals surface area contributed by atoms with E-state index < -0.39 is 17.2 Å². The van der Waals surface area contributed by atoms with E-state index in [1.807, 2.05) is 5.43 Å². The van der Waals surface area contributed by atoms with Crippen molar-refractivity contribution in [2.24, 2.45) is 5.73 Å². The minimum atomic E-state index is -1.34. The molecule has 7 N–H and O–H groups in total. The lowest BCUT2D eigenvalue weighted by atomic mass is 10.4. The summed E-state index contributed by atoms with van der Waals surface area (Å²) in [6.07, 6.45) is 1.04. The summed E-state index contributed by atoms with van der Waals surface area (Å²) in [5.41, 5.74) is 7.99. The third-order valence-electron chi connectivity index (χ3n) is 1.37. The highest BCUT2D eigenvalue weighted by atomic mass is 16.8. The highest BCUT2D eigenvalue weighted by molar-refractivity contribution is 5.96. The van der Waals surface area contributed by atoms with E-state index in [-0.39, 0.29) is 11.5 Å². The minimum Gasteiger partial charge on any atom is -0.594 e. The smallest absolute Gasteiger partial charge is 0.330 e. The quantitative estimate of drug-likeness (QED) is 0.292. The second-order valence-corrected chi connectivity index (χ2v) is 2.37. The number of urea groups is 1. The summed E-state index contributed by atoms with van der Waals surface area (Å²) in [5, 5.41) is 17.8. The van der Waals surface area contributed by atoms with Gasteiger partial charge in [-0.05, 0) is 0 Å². The van der Waals surface area contributed by atoms with Crippen molar-refractivity contribution in [2.75, 3.05) is 0 Å². The topological polar surface area (TPSA) is 161 Å². The zero-order valence-corrected chi connectivity index (χ0v) is 7.27. The molecule has 10 heteroatoms. The van der Waals surface area contributed by atoms with Crippen molar-refractivity contribution in [3.63, 3.8) is 0 Å². The molecule has 1 aromatic rings. The molecular weight excluding hydrogens is 208 g/mol. The van der Waals surface area contributed by atoms with Crippen LogP contribution in [0.3, 0.4) is 0 Å². The average molecular weight is 216 g/mol. The first-order valence-corrected chi connectivity index (χ1v) is 3.65. The Hall–Kier alpha value is -2.17. The van der Waals surface area contributed by atoms with Gasteiger partial charge in [0, 0.05) is 0 Å². The molecule has 1 atom stereocenters. The summed E-state index contributed by atoms with van der Waals surface area (Å²) in [4.78, 5) is 27.2. The predicted molar refractivity (Wildman–Crippen MR) is 44.5 cm³/mol. The van der Waals surface area contributed by atoms with Gasteiger partial charge < -0.3 is 10.9 Å². The predicted octanol–water partition coefficient (Wildman–Crippen LogP) is -2.87. The average Bonchev–Trinajstić information content (AvgIpc) is 2.62. The molecule has 0 fully saturated rings. The maximum absolute atomic E-state index is 11.2. The highest BCUT2D eigenvalue weighted by Gasteiger charge is 2.19. The summed E-state index contributed by atoms with van der Waals surface area (Å²) in [5.74, 6) is -1.26. The van der Waals surface area contributed by atoms with Crippen LogP contribution in [0.5, 0.6) is 0 Å². The zero-order valence-electron chi connectivity index (χ0n) is 7.27. The van der Waals surface area contributed by atoms with Gasteiger partial charge >= 0.3 is 6.03 Å². The van der Waals surface area contributed by atoms with Crippen molar-refractivity contribution in [3.8, 4) is 0 Å². The van der Waals surface area contributed by atoms with Gasteiger partial charge in [-0.25, -0.2) is 20.4 Å². The second-order valence-electron chi connectivity index (χ2n) is 2.37. The van der Waals surface area contributed by atoms with E-state index in [4.69, 9.17) is 5.21 Å². The number of hydrazine groups is 1.